The minimum absolute atomic E-state index is 0.0167. The number of nitrogens with zero attached hydrogens (tertiary/aromatic N) is 2. The van der Waals surface area contributed by atoms with Crippen molar-refractivity contribution >= 4 is 86.2 Å². The number of nitrogens with one attached hydrogen (secondary N) is 2. The van der Waals surface area contributed by atoms with Gasteiger partial charge in [0, 0.05) is 55.9 Å². The molecule has 282 valence electrons. The number of rotatable bonds is 11. The summed E-state index contributed by atoms with van der Waals surface area (Å²) in [5, 5.41) is 7.82. The van der Waals surface area contributed by atoms with Crippen LogP contribution in [0, 0.1) is 0 Å². The molecule has 2 N–H and O–H groups in total. The molecule has 0 spiro atoms. The monoisotopic (exact) mass is 790 g/mol. The van der Waals surface area contributed by atoms with Crippen LogP contribution in [0.15, 0.2) is 156 Å². The van der Waals surface area contributed by atoms with Crippen molar-refractivity contribution in [3.8, 4) is 11.5 Å². The van der Waals surface area contributed by atoms with E-state index in [-0.39, 0.29) is 23.9 Å². The van der Waals surface area contributed by atoms with E-state index in [0.29, 0.717) is 38.4 Å². The zero-order valence-electron chi connectivity index (χ0n) is 30.6. The number of aromatic nitrogens is 1. The second-order valence-corrected chi connectivity index (χ2v) is 15.0. The number of hydrogen-bond acceptors (Lipinski definition) is 6. The standard InChI is InChI=1S/C46H35ClN4O5S/c1-2-50-40-14-7-6-13-37(40)38-25-29(15-24-41(38)50)26-39(49-44(53)30-9-4-3-5-10-30)45(54)48-32-11-8-12-36(27-32)57-42-28-43(52)51(46(42)55)33-18-22-35(23-19-33)56-34-20-16-31(47)17-21-34/h3-27,42H,2,28H2,1H3,(H,48,54)(H,49,53). The Morgan fingerprint density at radius 3 is 2.25 bits per heavy atom. The molecule has 1 aliphatic rings. The maximum absolute atomic E-state index is 14.0. The Balaban J connectivity index is 0.999. The highest BCUT2D eigenvalue weighted by atomic mass is 35.5. The van der Waals surface area contributed by atoms with Crippen LogP contribution in [-0.2, 0) is 20.9 Å². The lowest BCUT2D eigenvalue weighted by molar-refractivity contribution is -0.121. The Bertz CT molecular complexity index is 2690. The average molecular weight is 791 g/mol. The van der Waals surface area contributed by atoms with E-state index in [4.69, 9.17) is 16.3 Å². The third-order valence-corrected chi connectivity index (χ3v) is 11.0. The van der Waals surface area contributed by atoms with Gasteiger partial charge in [-0.3, -0.25) is 19.2 Å². The molecule has 8 rings (SSSR count). The maximum atomic E-state index is 14.0. The first kappa shape index (κ1) is 37.3. The molecule has 0 aliphatic carbocycles. The molecule has 7 aromatic rings. The largest absolute Gasteiger partial charge is 0.457 e. The minimum Gasteiger partial charge on any atom is -0.457 e. The van der Waals surface area contributed by atoms with E-state index in [0.717, 1.165) is 33.9 Å². The number of hydrogen-bond donors (Lipinski definition) is 2. The number of aryl methyl sites for hydroxylation is 1. The van der Waals surface area contributed by atoms with Gasteiger partial charge in [-0.25, -0.2) is 4.90 Å². The highest BCUT2D eigenvalue weighted by Crippen LogP contribution is 2.36. The summed E-state index contributed by atoms with van der Waals surface area (Å²) >= 11 is 7.21. The summed E-state index contributed by atoms with van der Waals surface area (Å²) in [6, 6.07) is 43.6. The van der Waals surface area contributed by atoms with Crippen molar-refractivity contribution in [3.05, 3.63) is 167 Å². The molecule has 1 aromatic heterocycles. The lowest BCUT2D eigenvalue weighted by atomic mass is 10.1. The highest BCUT2D eigenvalue weighted by molar-refractivity contribution is 8.00. The van der Waals surface area contributed by atoms with Crippen LogP contribution in [0.2, 0.25) is 5.02 Å². The number of carbonyl (C=O) groups is 4. The smallest absolute Gasteiger partial charge is 0.272 e. The Kier molecular flexibility index (Phi) is 10.6. The van der Waals surface area contributed by atoms with Crippen LogP contribution in [0.1, 0.15) is 29.3 Å². The van der Waals surface area contributed by atoms with Gasteiger partial charge < -0.3 is 19.9 Å². The summed E-state index contributed by atoms with van der Waals surface area (Å²) in [5.41, 5.74) is 4.30. The minimum atomic E-state index is -0.664. The van der Waals surface area contributed by atoms with E-state index in [2.05, 4.69) is 34.3 Å². The normalized spacial score (nSPS) is 14.3. The van der Waals surface area contributed by atoms with Crippen LogP contribution in [-0.4, -0.2) is 33.4 Å². The Morgan fingerprint density at radius 2 is 1.49 bits per heavy atom. The maximum Gasteiger partial charge on any atom is 0.272 e. The fraction of sp³-hybridized carbons (Fsp3) is 0.0870. The quantitative estimate of drug-likeness (QED) is 0.0998. The molecule has 0 saturated carbocycles. The number of benzene rings is 6. The van der Waals surface area contributed by atoms with Crippen molar-refractivity contribution in [1.29, 1.82) is 0 Å². The van der Waals surface area contributed by atoms with E-state index in [1.807, 2.05) is 42.5 Å². The number of thioether (sulfide) groups is 1. The van der Waals surface area contributed by atoms with Gasteiger partial charge in [0.05, 0.1) is 10.9 Å². The zero-order chi connectivity index (χ0) is 39.5. The number of para-hydroxylation sites is 1. The summed E-state index contributed by atoms with van der Waals surface area (Å²) in [5.74, 6) is -0.451. The molecule has 1 atom stereocenters. The molecular weight excluding hydrogens is 756 g/mol. The molecule has 0 radical (unpaired) electrons. The third kappa shape index (κ3) is 8.05. The number of anilines is 2. The zero-order valence-corrected chi connectivity index (χ0v) is 32.2. The van der Waals surface area contributed by atoms with Crippen LogP contribution in [0.3, 0.4) is 0 Å². The van der Waals surface area contributed by atoms with E-state index < -0.39 is 17.1 Å². The molecule has 11 heteroatoms. The van der Waals surface area contributed by atoms with Crippen LogP contribution < -0.4 is 20.3 Å². The molecule has 2 heterocycles. The van der Waals surface area contributed by atoms with Crippen molar-refractivity contribution in [2.75, 3.05) is 10.2 Å². The van der Waals surface area contributed by atoms with Crippen LogP contribution >= 0.6 is 23.4 Å². The third-order valence-electron chi connectivity index (χ3n) is 9.57. The first-order valence-electron chi connectivity index (χ1n) is 18.3. The molecule has 1 aliphatic heterocycles. The Morgan fingerprint density at radius 1 is 0.789 bits per heavy atom. The SMILES string of the molecule is CCn1c2ccccc2c2cc(C=C(NC(=O)c3ccccc3)C(=O)Nc3cccc(SC4CC(=O)N(c5ccc(Oc6ccc(Cl)cc6)cc5)C4=O)c3)ccc21. The highest BCUT2D eigenvalue weighted by Gasteiger charge is 2.40. The molecule has 57 heavy (non-hydrogen) atoms. The summed E-state index contributed by atoms with van der Waals surface area (Å²) < 4.78 is 8.10. The van der Waals surface area contributed by atoms with Crippen molar-refractivity contribution < 1.29 is 23.9 Å². The number of halogens is 1. The van der Waals surface area contributed by atoms with Crippen molar-refractivity contribution in [3.63, 3.8) is 0 Å². The van der Waals surface area contributed by atoms with E-state index >= 15 is 0 Å². The van der Waals surface area contributed by atoms with Gasteiger partial charge in [-0.15, -0.1) is 11.8 Å². The summed E-state index contributed by atoms with van der Waals surface area (Å²) in [6.07, 6.45) is 1.68. The molecular formula is C46H35ClN4O5S. The summed E-state index contributed by atoms with van der Waals surface area (Å²) in [6.45, 7) is 2.91. The van der Waals surface area contributed by atoms with Crippen molar-refractivity contribution in [1.82, 2.24) is 9.88 Å². The van der Waals surface area contributed by atoms with Gasteiger partial charge in [0.25, 0.3) is 11.8 Å². The summed E-state index contributed by atoms with van der Waals surface area (Å²) in [7, 11) is 0. The molecule has 0 bridgehead atoms. The van der Waals surface area contributed by atoms with Crippen LogP contribution in [0.25, 0.3) is 27.9 Å². The van der Waals surface area contributed by atoms with Gasteiger partial charge in [0.15, 0.2) is 0 Å². The number of ether oxygens (including phenoxy) is 1. The number of fused-ring (bicyclic) bond motifs is 3. The van der Waals surface area contributed by atoms with Crippen molar-refractivity contribution in [2.24, 2.45) is 0 Å². The second kappa shape index (κ2) is 16.2. The fourth-order valence-electron chi connectivity index (χ4n) is 6.89. The number of amides is 4. The molecule has 4 amide bonds. The molecule has 1 saturated heterocycles. The van der Waals surface area contributed by atoms with Crippen LogP contribution in [0.5, 0.6) is 11.5 Å². The van der Waals surface area contributed by atoms with E-state index in [1.54, 1.807) is 97.1 Å². The van der Waals surface area contributed by atoms with Gasteiger partial charge in [0.2, 0.25) is 11.8 Å². The average Bonchev–Trinajstić information content (AvgIpc) is 3.70. The first-order valence-corrected chi connectivity index (χ1v) is 19.6. The predicted molar refractivity (Wildman–Crippen MR) is 227 cm³/mol. The Hall–Kier alpha value is -6.62. The topological polar surface area (TPSA) is 110 Å². The lowest BCUT2D eigenvalue weighted by Crippen LogP contribution is -2.31. The van der Waals surface area contributed by atoms with Crippen LogP contribution in [0.4, 0.5) is 11.4 Å². The molecule has 6 aromatic carbocycles. The summed E-state index contributed by atoms with van der Waals surface area (Å²) in [4.78, 5) is 55.9. The van der Waals surface area contributed by atoms with Crippen molar-refractivity contribution in [2.45, 2.75) is 30.0 Å². The van der Waals surface area contributed by atoms with Gasteiger partial charge in [-0.05, 0) is 116 Å². The fourth-order valence-corrected chi connectivity index (χ4v) is 8.13. The Labute approximate surface area is 337 Å². The first-order chi connectivity index (χ1) is 27.7. The van der Waals surface area contributed by atoms with Gasteiger partial charge in [0.1, 0.15) is 17.2 Å². The van der Waals surface area contributed by atoms with Gasteiger partial charge in [-0.2, -0.15) is 0 Å². The molecule has 1 unspecified atom stereocenters. The second-order valence-electron chi connectivity index (χ2n) is 13.3. The molecule has 1 fully saturated rings. The van der Waals surface area contributed by atoms with E-state index in [9.17, 15) is 19.2 Å². The number of carbonyl (C=O) groups excluding carboxylic acids is 4. The van der Waals surface area contributed by atoms with Gasteiger partial charge in [-0.1, -0.05) is 60.1 Å². The lowest BCUT2D eigenvalue weighted by Gasteiger charge is -2.16. The molecule has 9 nitrogen and oxygen atoms in total. The number of imide groups is 1. The predicted octanol–water partition coefficient (Wildman–Crippen LogP) is 10.1. The van der Waals surface area contributed by atoms with Gasteiger partial charge >= 0.3 is 0 Å². The van der Waals surface area contributed by atoms with E-state index in [1.165, 1.54) is 16.7 Å².